The number of nitrogens with one attached hydrogen (secondary N) is 2. The molecule has 0 spiro atoms. The Hall–Kier alpha value is -1.50. The molecule has 31 heavy (non-hydrogen) atoms. The van der Waals surface area contributed by atoms with Crippen LogP contribution in [-0.2, 0) is 0 Å². The Labute approximate surface area is 203 Å². The average Bonchev–Trinajstić information content (AvgIpc) is 3.55. The van der Waals surface area contributed by atoms with Crippen molar-refractivity contribution in [2.75, 3.05) is 0 Å². The number of hydrogen-bond donors (Lipinski definition) is 2. The Balaban J connectivity index is 1.42. The minimum absolute atomic E-state index is 0.203. The predicted octanol–water partition coefficient (Wildman–Crippen LogP) is 6.38. The third kappa shape index (κ3) is 4.14. The standard InChI is InChI=1S/C21H15Cl5N4O/c22-11-5-10(6-12(23)8-11)16-17(21(16,25)26)19-28-18(29-30-19)9-1-4-15(24)14(7-9)20(31)27-13-2-3-13/h1,4-8,13,16-17H,2-3H2,(H,27,31)(H,28,29,30). The molecule has 1 amide bonds. The van der Waals surface area contributed by atoms with Crippen molar-refractivity contribution in [3.8, 4) is 11.4 Å². The topological polar surface area (TPSA) is 70.7 Å². The van der Waals surface area contributed by atoms with Crippen molar-refractivity contribution < 1.29 is 4.79 Å². The van der Waals surface area contributed by atoms with Crippen LogP contribution in [0, 0.1) is 0 Å². The van der Waals surface area contributed by atoms with E-state index in [-0.39, 0.29) is 23.8 Å². The first-order valence-corrected chi connectivity index (χ1v) is 11.5. The van der Waals surface area contributed by atoms with E-state index in [1.165, 1.54) is 0 Å². The first-order chi connectivity index (χ1) is 14.7. The lowest BCUT2D eigenvalue weighted by molar-refractivity contribution is 0.0951. The van der Waals surface area contributed by atoms with Crippen LogP contribution < -0.4 is 5.32 Å². The summed E-state index contributed by atoms with van der Waals surface area (Å²) in [6.45, 7) is 0. The third-order valence-corrected chi connectivity index (χ3v) is 7.18. The highest BCUT2D eigenvalue weighted by molar-refractivity contribution is 6.52. The molecule has 2 aliphatic carbocycles. The summed E-state index contributed by atoms with van der Waals surface area (Å²) >= 11 is 31.6. The van der Waals surface area contributed by atoms with Gasteiger partial charge in [0.25, 0.3) is 5.91 Å². The largest absolute Gasteiger partial charge is 0.349 e. The Kier molecular flexibility index (Phi) is 5.39. The molecule has 0 bridgehead atoms. The van der Waals surface area contributed by atoms with Gasteiger partial charge in [0.05, 0.1) is 16.5 Å². The van der Waals surface area contributed by atoms with Crippen molar-refractivity contribution in [2.45, 2.75) is 35.1 Å². The number of alkyl halides is 2. The van der Waals surface area contributed by atoms with Crippen LogP contribution >= 0.6 is 58.0 Å². The van der Waals surface area contributed by atoms with Crippen molar-refractivity contribution in [3.63, 3.8) is 0 Å². The van der Waals surface area contributed by atoms with Gasteiger partial charge >= 0.3 is 0 Å². The van der Waals surface area contributed by atoms with E-state index in [1.807, 2.05) is 0 Å². The number of H-pyrrole nitrogens is 1. The fourth-order valence-electron chi connectivity index (χ4n) is 3.71. The molecule has 2 fully saturated rings. The lowest BCUT2D eigenvalue weighted by Crippen LogP contribution is -2.25. The van der Waals surface area contributed by atoms with E-state index in [1.54, 1.807) is 36.4 Å². The summed E-state index contributed by atoms with van der Waals surface area (Å²) in [7, 11) is 0. The number of carbonyl (C=O) groups excluding carboxylic acids is 1. The summed E-state index contributed by atoms with van der Waals surface area (Å²) in [5.41, 5.74) is 1.88. The van der Waals surface area contributed by atoms with Crippen LogP contribution in [0.15, 0.2) is 36.4 Å². The van der Waals surface area contributed by atoms with Gasteiger partial charge in [-0.1, -0.05) is 34.8 Å². The Morgan fingerprint density at radius 1 is 1.03 bits per heavy atom. The molecular formula is C21H15Cl5N4O. The lowest BCUT2D eigenvalue weighted by atomic mass is 10.1. The molecule has 0 radical (unpaired) electrons. The molecule has 5 rings (SSSR count). The van der Waals surface area contributed by atoms with Gasteiger partial charge in [0.1, 0.15) is 10.2 Å². The SMILES string of the molecule is O=C(NC1CC1)c1cc(-c2n[nH]c(C3C(c4cc(Cl)cc(Cl)c4)C3(Cl)Cl)n2)ccc1Cl. The van der Waals surface area contributed by atoms with Gasteiger partial charge < -0.3 is 5.32 Å². The molecule has 2 unspecified atom stereocenters. The van der Waals surface area contributed by atoms with Gasteiger partial charge in [-0.2, -0.15) is 5.10 Å². The van der Waals surface area contributed by atoms with E-state index in [0.29, 0.717) is 37.8 Å². The molecule has 10 heteroatoms. The van der Waals surface area contributed by atoms with Crippen LogP contribution in [0.1, 0.15) is 46.4 Å². The van der Waals surface area contributed by atoms with Gasteiger partial charge in [0, 0.05) is 27.6 Å². The van der Waals surface area contributed by atoms with Gasteiger partial charge in [-0.05, 0) is 54.8 Å². The maximum absolute atomic E-state index is 12.5. The smallest absolute Gasteiger partial charge is 0.253 e. The molecule has 0 saturated heterocycles. The van der Waals surface area contributed by atoms with Gasteiger partial charge in [-0.3, -0.25) is 9.89 Å². The third-order valence-electron chi connectivity index (χ3n) is 5.48. The van der Waals surface area contributed by atoms with Gasteiger partial charge in [0.2, 0.25) is 0 Å². The van der Waals surface area contributed by atoms with Gasteiger partial charge in [0.15, 0.2) is 5.82 Å². The molecule has 0 aliphatic heterocycles. The normalized spacial score (nSPS) is 21.7. The maximum Gasteiger partial charge on any atom is 0.253 e. The van der Waals surface area contributed by atoms with E-state index < -0.39 is 4.33 Å². The van der Waals surface area contributed by atoms with Crippen molar-refractivity contribution in [2.24, 2.45) is 0 Å². The highest BCUT2D eigenvalue weighted by atomic mass is 35.5. The lowest BCUT2D eigenvalue weighted by Gasteiger charge is -2.06. The van der Waals surface area contributed by atoms with Gasteiger partial charge in [-0.25, -0.2) is 4.98 Å². The van der Waals surface area contributed by atoms with E-state index in [4.69, 9.17) is 58.0 Å². The molecular weight excluding hydrogens is 502 g/mol. The molecule has 1 heterocycles. The molecule has 2 aromatic carbocycles. The molecule has 2 N–H and O–H groups in total. The van der Waals surface area contributed by atoms with Crippen molar-refractivity contribution in [1.82, 2.24) is 20.5 Å². The molecule has 1 aromatic heterocycles. The Morgan fingerprint density at radius 2 is 1.74 bits per heavy atom. The number of amides is 1. The summed E-state index contributed by atoms with van der Waals surface area (Å²) in [5, 5.41) is 11.6. The summed E-state index contributed by atoms with van der Waals surface area (Å²) in [6, 6.07) is 10.6. The van der Waals surface area contributed by atoms with Gasteiger partial charge in [-0.15, -0.1) is 23.2 Å². The van der Waals surface area contributed by atoms with E-state index in [0.717, 1.165) is 18.4 Å². The highest BCUT2D eigenvalue weighted by Gasteiger charge is 2.66. The quantitative estimate of drug-likeness (QED) is 0.387. The Morgan fingerprint density at radius 3 is 2.42 bits per heavy atom. The predicted molar refractivity (Wildman–Crippen MR) is 124 cm³/mol. The number of halogens is 5. The first kappa shape index (κ1) is 21.4. The average molecular weight is 517 g/mol. The fourth-order valence-corrected chi connectivity index (χ4v) is 5.29. The van der Waals surface area contributed by atoms with Crippen LogP contribution in [0.3, 0.4) is 0 Å². The number of aromatic amines is 1. The molecule has 2 aliphatic rings. The molecule has 2 atom stereocenters. The number of benzene rings is 2. The minimum atomic E-state index is -1.07. The van der Waals surface area contributed by atoms with Crippen LogP contribution in [0.25, 0.3) is 11.4 Å². The number of carbonyl (C=O) groups is 1. The van der Waals surface area contributed by atoms with Crippen molar-refractivity contribution >= 4 is 63.9 Å². The first-order valence-electron chi connectivity index (χ1n) is 9.61. The second-order valence-corrected chi connectivity index (χ2v) is 10.5. The van der Waals surface area contributed by atoms with Crippen LogP contribution in [0.5, 0.6) is 0 Å². The number of aromatic nitrogens is 3. The zero-order valence-corrected chi connectivity index (χ0v) is 19.6. The summed E-state index contributed by atoms with van der Waals surface area (Å²) in [4.78, 5) is 17.0. The number of nitrogens with zero attached hydrogens (tertiary/aromatic N) is 2. The summed E-state index contributed by atoms with van der Waals surface area (Å²) in [5.74, 6) is 0.214. The fraction of sp³-hybridized carbons (Fsp3) is 0.286. The summed E-state index contributed by atoms with van der Waals surface area (Å²) < 4.78 is -1.07. The van der Waals surface area contributed by atoms with Crippen molar-refractivity contribution in [3.05, 3.63) is 68.4 Å². The number of hydrogen-bond acceptors (Lipinski definition) is 3. The van der Waals surface area contributed by atoms with Crippen LogP contribution in [0.2, 0.25) is 15.1 Å². The molecule has 3 aromatic rings. The van der Waals surface area contributed by atoms with Crippen molar-refractivity contribution in [1.29, 1.82) is 0 Å². The maximum atomic E-state index is 12.5. The molecule has 2 saturated carbocycles. The second-order valence-electron chi connectivity index (χ2n) is 7.82. The van der Waals surface area contributed by atoms with Crippen LogP contribution in [0.4, 0.5) is 0 Å². The second kappa shape index (κ2) is 7.82. The summed E-state index contributed by atoms with van der Waals surface area (Å²) in [6.07, 6.45) is 1.98. The molecule has 160 valence electrons. The van der Waals surface area contributed by atoms with E-state index in [9.17, 15) is 4.79 Å². The van der Waals surface area contributed by atoms with E-state index >= 15 is 0 Å². The molecule has 5 nitrogen and oxygen atoms in total. The zero-order valence-electron chi connectivity index (χ0n) is 15.8. The van der Waals surface area contributed by atoms with Crippen LogP contribution in [-0.4, -0.2) is 31.5 Å². The minimum Gasteiger partial charge on any atom is -0.349 e. The monoisotopic (exact) mass is 514 g/mol. The zero-order chi connectivity index (χ0) is 21.9. The number of rotatable bonds is 5. The van der Waals surface area contributed by atoms with E-state index in [2.05, 4.69) is 20.5 Å². The Bertz CT molecular complexity index is 1170. The highest BCUT2D eigenvalue weighted by Crippen LogP contribution is 2.69.